The summed E-state index contributed by atoms with van der Waals surface area (Å²) in [5, 5.41) is 9.46. The summed E-state index contributed by atoms with van der Waals surface area (Å²) in [6, 6.07) is 13.8. The van der Waals surface area contributed by atoms with Crippen molar-refractivity contribution in [3.05, 3.63) is 54.6 Å². The second kappa shape index (κ2) is 4.47. The molecule has 0 amide bonds. The quantitative estimate of drug-likeness (QED) is 0.848. The van der Waals surface area contributed by atoms with E-state index in [2.05, 4.69) is 0 Å². The maximum Gasteiger partial charge on any atom is 0.342 e. The molecule has 5 heteroatoms. The highest BCUT2D eigenvalue weighted by Gasteiger charge is 2.20. The van der Waals surface area contributed by atoms with Crippen molar-refractivity contribution in [3.63, 3.8) is 0 Å². The highest BCUT2D eigenvalue weighted by molar-refractivity contribution is 7.87. The van der Waals surface area contributed by atoms with Crippen molar-refractivity contribution in [1.29, 1.82) is 0 Å². The number of hydrogen-bond donors (Lipinski definition) is 1. The van der Waals surface area contributed by atoms with Gasteiger partial charge in [-0.1, -0.05) is 30.3 Å². The van der Waals surface area contributed by atoms with Gasteiger partial charge in [0.25, 0.3) is 0 Å². The summed E-state index contributed by atoms with van der Waals surface area (Å²) in [5.74, 6) is -0.126. The molecule has 88 valence electrons. The van der Waals surface area contributed by atoms with Crippen molar-refractivity contribution in [3.8, 4) is 11.5 Å². The van der Waals surface area contributed by atoms with E-state index in [1.54, 1.807) is 18.2 Å². The third kappa shape index (κ3) is 2.57. The summed E-state index contributed by atoms with van der Waals surface area (Å²) < 4.78 is 28.6. The van der Waals surface area contributed by atoms with Crippen molar-refractivity contribution < 1.29 is 17.7 Å². The molecule has 0 aliphatic carbocycles. The average molecular weight is 250 g/mol. The fourth-order valence-corrected chi connectivity index (χ4v) is 2.34. The largest absolute Gasteiger partial charge is 0.506 e. The number of hydrogen-bond acceptors (Lipinski definition) is 4. The van der Waals surface area contributed by atoms with E-state index in [1.165, 1.54) is 36.4 Å². The summed E-state index contributed by atoms with van der Waals surface area (Å²) >= 11 is 0. The van der Waals surface area contributed by atoms with Gasteiger partial charge in [0, 0.05) is 0 Å². The second-order valence-corrected chi connectivity index (χ2v) is 4.83. The van der Waals surface area contributed by atoms with Crippen LogP contribution in [0, 0.1) is 0 Å². The van der Waals surface area contributed by atoms with Gasteiger partial charge in [0.05, 0.1) is 0 Å². The Morgan fingerprint density at radius 1 is 0.882 bits per heavy atom. The molecule has 0 atom stereocenters. The first-order valence-electron chi connectivity index (χ1n) is 4.87. The lowest BCUT2D eigenvalue weighted by Gasteiger charge is -2.07. The summed E-state index contributed by atoms with van der Waals surface area (Å²) in [4.78, 5) is -0.246. The highest BCUT2D eigenvalue weighted by Crippen LogP contribution is 2.25. The van der Waals surface area contributed by atoms with E-state index in [4.69, 9.17) is 4.18 Å². The molecule has 0 radical (unpaired) electrons. The van der Waals surface area contributed by atoms with Crippen LogP contribution in [-0.4, -0.2) is 13.5 Å². The first-order valence-corrected chi connectivity index (χ1v) is 6.28. The van der Waals surface area contributed by atoms with Gasteiger partial charge in [-0.15, -0.1) is 0 Å². The Bertz CT molecular complexity index is 605. The van der Waals surface area contributed by atoms with Gasteiger partial charge in [-0.05, 0) is 24.3 Å². The normalized spacial score (nSPS) is 11.1. The van der Waals surface area contributed by atoms with Crippen LogP contribution in [-0.2, 0) is 10.1 Å². The smallest absolute Gasteiger partial charge is 0.342 e. The molecule has 0 saturated heterocycles. The molecule has 1 N–H and O–H groups in total. The third-order valence-corrected chi connectivity index (χ3v) is 3.38. The Morgan fingerprint density at radius 3 is 2.12 bits per heavy atom. The van der Waals surface area contributed by atoms with Crippen molar-refractivity contribution in [2.24, 2.45) is 0 Å². The highest BCUT2D eigenvalue weighted by atomic mass is 32.2. The van der Waals surface area contributed by atoms with Crippen LogP contribution in [0.3, 0.4) is 0 Å². The van der Waals surface area contributed by atoms with Crippen LogP contribution in [0.5, 0.6) is 11.5 Å². The minimum atomic E-state index is -3.99. The Morgan fingerprint density at radius 2 is 1.47 bits per heavy atom. The molecule has 17 heavy (non-hydrogen) atoms. The zero-order valence-corrected chi connectivity index (χ0v) is 9.59. The lowest BCUT2D eigenvalue weighted by atomic mass is 10.3. The van der Waals surface area contributed by atoms with E-state index >= 15 is 0 Å². The number of phenolic OH excluding ortho intramolecular Hbond substituents is 1. The number of rotatable bonds is 3. The molecule has 0 heterocycles. The topological polar surface area (TPSA) is 63.6 Å². The van der Waals surface area contributed by atoms with E-state index in [0.29, 0.717) is 0 Å². The molecular formula is C12H10O4S. The molecule has 0 aliphatic heterocycles. The summed E-state index contributed by atoms with van der Waals surface area (Å²) in [6.07, 6.45) is 0. The number of aromatic hydroxyl groups is 1. The van der Waals surface area contributed by atoms with Crippen molar-refractivity contribution in [2.75, 3.05) is 0 Å². The summed E-state index contributed by atoms with van der Waals surface area (Å²) in [6.45, 7) is 0. The van der Waals surface area contributed by atoms with Crippen LogP contribution >= 0.6 is 0 Å². The van der Waals surface area contributed by atoms with Crippen molar-refractivity contribution >= 4 is 10.1 Å². The van der Waals surface area contributed by atoms with Crippen LogP contribution < -0.4 is 4.18 Å². The fourth-order valence-electron chi connectivity index (χ4n) is 1.32. The number of phenols is 1. The Labute approximate surface area is 99.2 Å². The molecule has 4 nitrogen and oxygen atoms in total. The molecule has 0 aromatic heterocycles. The molecular weight excluding hydrogens is 240 g/mol. The van der Waals surface area contributed by atoms with Crippen LogP contribution in [0.25, 0.3) is 0 Å². The molecule has 2 rings (SSSR count). The van der Waals surface area contributed by atoms with Gasteiger partial charge in [0.15, 0.2) is 0 Å². The van der Waals surface area contributed by atoms with Crippen molar-refractivity contribution in [2.45, 2.75) is 4.90 Å². The van der Waals surface area contributed by atoms with Gasteiger partial charge in [-0.3, -0.25) is 0 Å². The SMILES string of the molecule is O=S(=O)(Oc1ccccc1)c1ccccc1O. The minimum absolute atomic E-state index is 0.204. The predicted octanol–water partition coefficient (Wildman–Crippen LogP) is 2.16. The Balaban J connectivity index is 2.36. The lowest BCUT2D eigenvalue weighted by molar-refractivity contribution is 0.445. The fraction of sp³-hybridized carbons (Fsp3) is 0. The molecule has 2 aromatic carbocycles. The standard InChI is InChI=1S/C12H10O4S/c13-11-8-4-5-9-12(11)17(14,15)16-10-6-2-1-3-7-10/h1-9,13H. The first kappa shape index (κ1) is 11.5. The zero-order chi connectivity index (χ0) is 12.3. The van der Waals surface area contributed by atoms with E-state index in [-0.39, 0.29) is 16.4 Å². The molecule has 0 fully saturated rings. The summed E-state index contributed by atoms with van der Waals surface area (Å²) in [5.41, 5.74) is 0. The van der Waals surface area contributed by atoms with Crippen LogP contribution in [0.1, 0.15) is 0 Å². The zero-order valence-electron chi connectivity index (χ0n) is 8.78. The first-order chi connectivity index (χ1) is 8.09. The van der Waals surface area contributed by atoms with Gasteiger partial charge in [-0.2, -0.15) is 8.42 Å². The Hall–Kier alpha value is -2.01. The predicted molar refractivity (Wildman–Crippen MR) is 62.4 cm³/mol. The van der Waals surface area contributed by atoms with Crippen molar-refractivity contribution in [1.82, 2.24) is 0 Å². The molecule has 2 aromatic rings. The Kier molecular flexibility index (Phi) is 3.01. The molecule has 0 spiro atoms. The summed E-state index contributed by atoms with van der Waals surface area (Å²) in [7, 11) is -3.99. The van der Waals surface area contributed by atoms with Gasteiger partial charge in [-0.25, -0.2) is 0 Å². The van der Waals surface area contributed by atoms with E-state index in [0.717, 1.165) is 0 Å². The molecule has 0 aliphatic rings. The van der Waals surface area contributed by atoms with Gasteiger partial charge >= 0.3 is 10.1 Å². The third-order valence-electron chi connectivity index (χ3n) is 2.08. The molecule has 0 saturated carbocycles. The van der Waals surface area contributed by atoms with Gasteiger partial charge in [0.2, 0.25) is 0 Å². The maximum atomic E-state index is 11.8. The minimum Gasteiger partial charge on any atom is -0.506 e. The lowest BCUT2D eigenvalue weighted by Crippen LogP contribution is -2.09. The van der Waals surface area contributed by atoms with E-state index in [9.17, 15) is 13.5 Å². The van der Waals surface area contributed by atoms with Crippen LogP contribution in [0.4, 0.5) is 0 Å². The number of para-hydroxylation sites is 2. The molecule has 0 unspecified atom stereocenters. The number of benzene rings is 2. The van der Waals surface area contributed by atoms with Gasteiger partial charge < -0.3 is 9.29 Å². The maximum absolute atomic E-state index is 11.8. The average Bonchev–Trinajstić information content (AvgIpc) is 2.30. The second-order valence-electron chi connectivity index (χ2n) is 3.32. The van der Waals surface area contributed by atoms with Gasteiger partial charge in [0.1, 0.15) is 16.4 Å². The monoisotopic (exact) mass is 250 g/mol. The van der Waals surface area contributed by atoms with E-state index < -0.39 is 10.1 Å². The van der Waals surface area contributed by atoms with Crippen LogP contribution in [0.2, 0.25) is 0 Å². The van der Waals surface area contributed by atoms with Crippen LogP contribution in [0.15, 0.2) is 59.5 Å². The van der Waals surface area contributed by atoms with E-state index in [1.807, 2.05) is 0 Å². The molecule has 0 bridgehead atoms.